The summed E-state index contributed by atoms with van der Waals surface area (Å²) in [6.45, 7) is 9.79. The summed E-state index contributed by atoms with van der Waals surface area (Å²) in [5.41, 5.74) is 3.81. The Morgan fingerprint density at radius 2 is 1.92 bits per heavy atom. The number of nitrogens with one attached hydrogen (secondary N) is 1. The molecule has 0 aromatic heterocycles. The highest BCUT2D eigenvalue weighted by Gasteiger charge is 1.91. The van der Waals surface area contributed by atoms with Crippen LogP contribution in [0.5, 0.6) is 0 Å². The van der Waals surface area contributed by atoms with E-state index < -0.39 is 0 Å². The van der Waals surface area contributed by atoms with Gasteiger partial charge in [0, 0.05) is 13.1 Å². The standard InChI is InChI=1S/C12H17N/c1-10(2)8-13-9-12-6-4-11(3)5-7-12/h4-7,13H,1,8-9H2,2-3H3. The second kappa shape index (κ2) is 4.83. The van der Waals surface area contributed by atoms with Gasteiger partial charge in [0.15, 0.2) is 0 Å². The minimum absolute atomic E-state index is 0.897. The van der Waals surface area contributed by atoms with Gasteiger partial charge in [-0.2, -0.15) is 0 Å². The number of hydrogen-bond acceptors (Lipinski definition) is 1. The van der Waals surface area contributed by atoms with E-state index in [4.69, 9.17) is 0 Å². The van der Waals surface area contributed by atoms with Crippen LogP contribution in [-0.4, -0.2) is 6.54 Å². The first-order chi connectivity index (χ1) is 6.18. The largest absolute Gasteiger partial charge is 0.309 e. The van der Waals surface area contributed by atoms with Gasteiger partial charge in [0.05, 0.1) is 0 Å². The Hall–Kier alpha value is -1.08. The molecule has 1 N–H and O–H groups in total. The van der Waals surface area contributed by atoms with Crippen LogP contribution in [0.1, 0.15) is 18.1 Å². The van der Waals surface area contributed by atoms with Crippen molar-refractivity contribution in [3.63, 3.8) is 0 Å². The molecule has 70 valence electrons. The molecule has 0 radical (unpaired) electrons. The van der Waals surface area contributed by atoms with Crippen LogP contribution in [-0.2, 0) is 6.54 Å². The second-order valence-corrected chi connectivity index (χ2v) is 3.55. The van der Waals surface area contributed by atoms with Crippen molar-refractivity contribution in [2.24, 2.45) is 0 Å². The lowest BCUT2D eigenvalue weighted by molar-refractivity contribution is 0.741. The number of rotatable bonds is 4. The average molecular weight is 175 g/mol. The van der Waals surface area contributed by atoms with Crippen LogP contribution in [0, 0.1) is 6.92 Å². The van der Waals surface area contributed by atoms with Crippen molar-refractivity contribution >= 4 is 0 Å². The van der Waals surface area contributed by atoms with Gasteiger partial charge in [-0.05, 0) is 19.4 Å². The van der Waals surface area contributed by atoms with Crippen molar-refractivity contribution in [3.8, 4) is 0 Å². The molecule has 1 aromatic carbocycles. The van der Waals surface area contributed by atoms with Crippen molar-refractivity contribution in [1.82, 2.24) is 5.32 Å². The molecule has 13 heavy (non-hydrogen) atoms. The maximum absolute atomic E-state index is 3.84. The van der Waals surface area contributed by atoms with Crippen LogP contribution >= 0.6 is 0 Å². The first-order valence-electron chi connectivity index (χ1n) is 4.59. The van der Waals surface area contributed by atoms with Gasteiger partial charge in [0.25, 0.3) is 0 Å². The molecule has 0 fully saturated rings. The Kier molecular flexibility index (Phi) is 3.71. The van der Waals surface area contributed by atoms with Crippen LogP contribution in [0.3, 0.4) is 0 Å². The molecule has 0 saturated heterocycles. The maximum atomic E-state index is 3.84. The van der Waals surface area contributed by atoms with Crippen LogP contribution in [0.15, 0.2) is 36.4 Å². The van der Waals surface area contributed by atoms with Crippen LogP contribution in [0.2, 0.25) is 0 Å². The summed E-state index contributed by atoms with van der Waals surface area (Å²) in [5, 5.41) is 3.32. The molecular formula is C12H17N. The summed E-state index contributed by atoms with van der Waals surface area (Å²) < 4.78 is 0. The van der Waals surface area contributed by atoms with Crippen molar-refractivity contribution in [1.29, 1.82) is 0 Å². The quantitative estimate of drug-likeness (QED) is 0.694. The number of aryl methyl sites for hydroxylation is 1. The van der Waals surface area contributed by atoms with E-state index in [0.717, 1.165) is 13.1 Å². The molecule has 1 heteroatoms. The van der Waals surface area contributed by atoms with Crippen LogP contribution in [0.25, 0.3) is 0 Å². The first-order valence-corrected chi connectivity index (χ1v) is 4.59. The lowest BCUT2D eigenvalue weighted by Crippen LogP contribution is -2.14. The molecule has 0 heterocycles. The van der Waals surface area contributed by atoms with Gasteiger partial charge in [0.2, 0.25) is 0 Å². The summed E-state index contributed by atoms with van der Waals surface area (Å²) in [6.07, 6.45) is 0. The minimum Gasteiger partial charge on any atom is -0.309 e. The highest BCUT2D eigenvalue weighted by atomic mass is 14.8. The molecule has 0 aliphatic rings. The monoisotopic (exact) mass is 175 g/mol. The molecule has 0 saturated carbocycles. The molecule has 0 spiro atoms. The Bertz CT molecular complexity index is 272. The fourth-order valence-electron chi connectivity index (χ4n) is 1.13. The van der Waals surface area contributed by atoms with Gasteiger partial charge < -0.3 is 5.32 Å². The lowest BCUT2D eigenvalue weighted by atomic mass is 10.1. The molecule has 1 aromatic rings. The third-order valence-corrected chi connectivity index (χ3v) is 1.88. The van der Waals surface area contributed by atoms with E-state index in [1.807, 2.05) is 6.92 Å². The molecule has 0 unspecified atom stereocenters. The summed E-state index contributed by atoms with van der Waals surface area (Å²) in [6, 6.07) is 8.58. The van der Waals surface area contributed by atoms with Gasteiger partial charge >= 0.3 is 0 Å². The first kappa shape index (κ1) is 10.0. The smallest absolute Gasteiger partial charge is 0.0208 e. The van der Waals surface area contributed by atoms with Crippen molar-refractivity contribution < 1.29 is 0 Å². The summed E-state index contributed by atoms with van der Waals surface area (Å²) in [4.78, 5) is 0. The second-order valence-electron chi connectivity index (χ2n) is 3.55. The zero-order chi connectivity index (χ0) is 9.68. The highest BCUT2D eigenvalue weighted by molar-refractivity contribution is 5.21. The fraction of sp³-hybridized carbons (Fsp3) is 0.333. The zero-order valence-corrected chi connectivity index (χ0v) is 8.43. The Labute approximate surface area is 80.5 Å². The Morgan fingerprint density at radius 3 is 2.46 bits per heavy atom. The zero-order valence-electron chi connectivity index (χ0n) is 8.43. The summed E-state index contributed by atoms with van der Waals surface area (Å²) in [5.74, 6) is 0. The van der Waals surface area contributed by atoms with Crippen molar-refractivity contribution in [3.05, 3.63) is 47.5 Å². The predicted octanol–water partition coefficient (Wildman–Crippen LogP) is 2.66. The minimum atomic E-state index is 0.897. The molecule has 0 bridgehead atoms. The molecule has 0 amide bonds. The molecule has 0 aliphatic heterocycles. The predicted molar refractivity (Wildman–Crippen MR) is 57.7 cm³/mol. The topological polar surface area (TPSA) is 12.0 Å². The van der Waals surface area contributed by atoms with E-state index in [2.05, 4.69) is 43.1 Å². The van der Waals surface area contributed by atoms with Gasteiger partial charge in [-0.3, -0.25) is 0 Å². The van der Waals surface area contributed by atoms with E-state index in [1.165, 1.54) is 16.7 Å². The maximum Gasteiger partial charge on any atom is 0.0208 e. The molecular weight excluding hydrogens is 158 g/mol. The summed E-state index contributed by atoms with van der Waals surface area (Å²) in [7, 11) is 0. The molecule has 0 aliphatic carbocycles. The van der Waals surface area contributed by atoms with E-state index in [-0.39, 0.29) is 0 Å². The van der Waals surface area contributed by atoms with E-state index in [9.17, 15) is 0 Å². The van der Waals surface area contributed by atoms with Gasteiger partial charge in [-0.15, -0.1) is 0 Å². The highest BCUT2D eigenvalue weighted by Crippen LogP contribution is 2.02. The van der Waals surface area contributed by atoms with Crippen molar-refractivity contribution in [2.75, 3.05) is 6.54 Å². The number of benzene rings is 1. The summed E-state index contributed by atoms with van der Waals surface area (Å²) >= 11 is 0. The van der Waals surface area contributed by atoms with Gasteiger partial charge in [-0.1, -0.05) is 42.0 Å². The molecule has 1 rings (SSSR count). The lowest BCUT2D eigenvalue weighted by Gasteiger charge is -2.04. The SMILES string of the molecule is C=C(C)CNCc1ccc(C)cc1. The normalized spacial score (nSPS) is 10.0. The van der Waals surface area contributed by atoms with Crippen molar-refractivity contribution in [2.45, 2.75) is 20.4 Å². The van der Waals surface area contributed by atoms with E-state index >= 15 is 0 Å². The molecule has 0 atom stereocenters. The van der Waals surface area contributed by atoms with Crippen LogP contribution in [0.4, 0.5) is 0 Å². The fourth-order valence-corrected chi connectivity index (χ4v) is 1.13. The molecule has 1 nitrogen and oxygen atoms in total. The Morgan fingerprint density at radius 1 is 1.31 bits per heavy atom. The van der Waals surface area contributed by atoms with E-state index in [0.29, 0.717) is 0 Å². The van der Waals surface area contributed by atoms with E-state index in [1.54, 1.807) is 0 Å². The van der Waals surface area contributed by atoms with Gasteiger partial charge in [-0.25, -0.2) is 0 Å². The van der Waals surface area contributed by atoms with Crippen LogP contribution < -0.4 is 5.32 Å². The Balaban J connectivity index is 2.37. The third kappa shape index (κ3) is 3.90. The average Bonchev–Trinajstić information content (AvgIpc) is 2.08. The van der Waals surface area contributed by atoms with Gasteiger partial charge in [0.1, 0.15) is 0 Å². The number of hydrogen-bond donors (Lipinski definition) is 1. The third-order valence-electron chi connectivity index (χ3n) is 1.88.